The van der Waals surface area contributed by atoms with Crippen molar-refractivity contribution in [3.63, 3.8) is 0 Å². The molecule has 88 valence electrons. The highest BCUT2D eigenvalue weighted by atomic mass is 16.4. The van der Waals surface area contributed by atoms with Gasteiger partial charge in [-0.3, -0.25) is 4.79 Å². The molecular weight excluding hydrogens is 210 g/mol. The van der Waals surface area contributed by atoms with Crippen molar-refractivity contribution in [2.24, 2.45) is 0 Å². The number of aryl methyl sites for hydroxylation is 1. The van der Waals surface area contributed by atoms with Crippen LogP contribution in [-0.2, 0) is 11.2 Å². The normalized spacial score (nSPS) is 12.2. The molecule has 5 heteroatoms. The molecule has 0 bridgehead atoms. The Morgan fingerprint density at radius 1 is 1.56 bits per heavy atom. The molecule has 0 saturated carbocycles. The monoisotopic (exact) mass is 225 g/mol. The van der Waals surface area contributed by atoms with Crippen LogP contribution in [0.25, 0.3) is 0 Å². The lowest BCUT2D eigenvalue weighted by Gasteiger charge is -2.21. The van der Waals surface area contributed by atoms with Crippen molar-refractivity contribution in [3.8, 4) is 0 Å². The number of rotatable bonds is 4. The standard InChI is InChI=1S/C11H15NO4/c1-4-9-8(5-6-16-9)10(13)12(3)7(2)11(14)15/h5-7H,4H2,1-3H3,(H,14,15). The molecule has 16 heavy (non-hydrogen) atoms. The molecule has 0 saturated heterocycles. The summed E-state index contributed by atoms with van der Waals surface area (Å²) in [5, 5.41) is 8.81. The van der Waals surface area contributed by atoms with Gasteiger partial charge in [-0.25, -0.2) is 4.79 Å². The van der Waals surface area contributed by atoms with Crippen molar-refractivity contribution in [1.82, 2.24) is 4.90 Å². The summed E-state index contributed by atoms with van der Waals surface area (Å²) in [7, 11) is 1.47. The fourth-order valence-electron chi connectivity index (χ4n) is 1.34. The molecule has 1 atom stereocenters. The lowest BCUT2D eigenvalue weighted by molar-refractivity contribution is -0.141. The predicted molar refractivity (Wildman–Crippen MR) is 57.3 cm³/mol. The molecule has 1 aromatic heterocycles. The second kappa shape index (κ2) is 4.83. The number of furan rings is 1. The average Bonchev–Trinajstić information content (AvgIpc) is 2.73. The van der Waals surface area contributed by atoms with Crippen LogP contribution in [0.2, 0.25) is 0 Å². The highest BCUT2D eigenvalue weighted by Gasteiger charge is 2.25. The Morgan fingerprint density at radius 3 is 2.69 bits per heavy atom. The van der Waals surface area contributed by atoms with Crippen LogP contribution < -0.4 is 0 Å². The molecule has 0 aliphatic heterocycles. The lowest BCUT2D eigenvalue weighted by Crippen LogP contribution is -2.40. The summed E-state index contributed by atoms with van der Waals surface area (Å²) in [4.78, 5) is 23.9. The van der Waals surface area contributed by atoms with E-state index in [2.05, 4.69) is 0 Å². The SMILES string of the molecule is CCc1occc1C(=O)N(C)C(C)C(=O)O. The van der Waals surface area contributed by atoms with Gasteiger partial charge in [0.05, 0.1) is 11.8 Å². The van der Waals surface area contributed by atoms with Crippen molar-refractivity contribution >= 4 is 11.9 Å². The Bertz CT molecular complexity index is 396. The van der Waals surface area contributed by atoms with Gasteiger partial charge in [-0.15, -0.1) is 0 Å². The van der Waals surface area contributed by atoms with Crippen LogP contribution in [0.1, 0.15) is 30.0 Å². The number of hydrogen-bond donors (Lipinski definition) is 1. The molecule has 5 nitrogen and oxygen atoms in total. The van der Waals surface area contributed by atoms with E-state index in [1.54, 1.807) is 6.07 Å². The molecule has 0 aliphatic rings. The van der Waals surface area contributed by atoms with Gasteiger partial charge in [-0.05, 0) is 13.0 Å². The third kappa shape index (κ3) is 2.24. The largest absolute Gasteiger partial charge is 0.480 e. The van der Waals surface area contributed by atoms with Gasteiger partial charge in [0.1, 0.15) is 11.8 Å². The maximum Gasteiger partial charge on any atom is 0.326 e. The smallest absolute Gasteiger partial charge is 0.326 e. The number of carbonyl (C=O) groups excluding carboxylic acids is 1. The zero-order valence-corrected chi connectivity index (χ0v) is 9.56. The number of aliphatic carboxylic acids is 1. The van der Waals surface area contributed by atoms with Crippen molar-refractivity contribution in [1.29, 1.82) is 0 Å². The van der Waals surface area contributed by atoms with E-state index in [1.165, 1.54) is 25.1 Å². The highest BCUT2D eigenvalue weighted by Crippen LogP contribution is 2.14. The maximum atomic E-state index is 11.9. The number of likely N-dealkylation sites (N-methyl/N-ethyl adjacent to an activating group) is 1. The zero-order valence-electron chi connectivity index (χ0n) is 9.56. The number of carboxylic acids is 1. The number of hydrogen-bond acceptors (Lipinski definition) is 3. The summed E-state index contributed by atoms with van der Waals surface area (Å²) in [5.74, 6) is -0.785. The Labute approximate surface area is 93.7 Å². The Morgan fingerprint density at radius 2 is 2.19 bits per heavy atom. The Balaban J connectivity index is 2.90. The minimum absolute atomic E-state index is 0.333. The van der Waals surface area contributed by atoms with E-state index in [9.17, 15) is 9.59 Å². The minimum atomic E-state index is -1.03. The molecule has 1 unspecified atom stereocenters. The lowest BCUT2D eigenvalue weighted by atomic mass is 10.1. The van der Waals surface area contributed by atoms with E-state index in [0.29, 0.717) is 17.7 Å². The van der Waals surface area contributed by atoms with E-state index >= 15 is 0 Å². The van der Waals surface area contributed by atoms with Gasteiger partial charge in [0.15, 0.2) is 0 Å². The van der Waals surface area contributed by atoms with Crippen LogP contribution >= 0.6 is 0 Å². The van der Waals surface area contributed by atoms with Crippen LogP contribution in [0, 0.1) is 0 Å². The van der Waals surface area contributed by atoms with E-state index in [4.69, 9.17) is 9.52 Å². The van der Waals surface area contributed by atoms with E-state index < -0.39 is 12.0 Å². The molecule has 0 radical (unpaired) electrons. The van der Waals surface area contributed by atoms with Gasteiger partial charge in [0, 0.05) is 13.5 Å². The van der Waals surface area contributed by atoms with Crippen LogP contribution in [0.15, 0.2) is 16.7 Å². The first-order valence-corrected chi connectivity index (χ1v) is 5.05. The van der Waals surface area contributed by atoms with Gasteiger partial charge in [-0.1, -0.05) is 6.92 Å². The summed E-state index contributed by atoms with van der Waals surface area (Å²) in [6, 6.07) is 0.707. The zero-order chi connectivity index (χ0) is 12.3. The first-order valence-electron chi connectivity index (χ1n) is 5.05. The highest BCUT2D eigenvalue weighted by molar-refractivity contribution is 5.97. The number of amides is 1. The van der Waals surface area contributed by atoms with Crippen LogP contribution in [0.4, 0.5) is 0 Å². The molecule has 0 fully saturated rings. The summed E-state index contributed by atoms with van der Waals surface area (Å²) >= 11 is 0. The molecule has 0 spiro atoms. The topological polar surface area (TPSA) is 70.8 Å². The summed E-state index contributed by atoms with van der Waals surface area (Å²) in [6.45, 7) is 3.34. The molecule has 1 N–H and O–H groups in total. The van der Waals surface area contributed by atoms with Crippen molar-refractivity contribution < 1.29 is 19.1 Å². The molecular formula is C11H15NO4. The second-order valence-corrected chi connectivity index (χ2v) is 3.54. The van der Waals surface area contributed by atoms with E-state index in [1.807, 2.05) is 6.92 Å². The van der Waals surface area contributed by atoms with E-state index in [-0.39, 0.29) is 5.91 Å². The van der Waals surface area contributed by atoms with Gasteiger partial charge < -0.3 is 14.4 Å². The average molecular weight is 225 g/mol. The molecule has 1 aromatic rings. The van der Waals surface area contributed by atoms with Crippen molar-refractivity contribution in [2.75, 3.05) is 7.05 Å². The van der Waals surface area contributed by atoms with E-state index in [0.717, 1.165) is 0 Å². The predicted octanol–water partition coefficient (Wildman–Crippen LogP) is 1.39. The number of nitrogens with zero attached hydrogens (tertiary/aromatic N) is 1. The van der Waals surface area contributed by atoms with Gasteiger partial charge in [0.25, 0.3) is 5.91 Å². The first kappa shape index (κ1) is 12.3. The molecule has 1 amide bonds. The Kier molecular flexibility index (Phi) is 3.71. The van der Waals surface area contributed by atoms with Crippen LogP contribution in [0.5, 0.6) is 0 Å². The van der Waals surface area contributed by atoms with Crippen LogP contribution in [0.3, 0.4) is 0 Å². The third-order valence-electron chi connectivity index (χ3n) is 2.56. The first-order chi connectivity index (χ1) is 7.49. The second-order valence-electron chi connectivity index (χ2n) is 3.54. The summed E-state index contributed by atoms with van der Waals surface area (Å²) < 4.78 is 5.13. The molecule has 0 aromatic carbocycles. The molecule has 0 aliphatic carbocycles. The fraction of sp³-hybridized carbons (Fsp3) is 0.455. The third-order valence-corrected chi connectivity index (χ3v) is 2.56. The van der Waals surface area contributed by atoms with Crippen molar-refractivity contribution in [3.05, 3.63) is 23.7 Å². The quantitative estimate of drug-likeness (QED) is 0.840. The van der Waals surface area contributed by atoms with Gasteiger partial charge >= 0.3 is 5.97 Å². The van der Waals surface area contributed by atoms with Crippen LogP contribution in [-0.4, -0.2) is 35.0 Å². The number of carboxylic acid groups (broad SMARTS) is 1. The minimum Gasteiger partial charge on any atom is -0.480 e. The molecule has 1 heterocycles. The van der Waals surface area contributed by atoms with Crippen molar-refractivity contribution in [2.45, 2.75) is 26.3 Å². The van der Waals surface area contributed by atoms with Gasteiger partial charge in [-0.2, -0.15) is 0 Å². The summed E-state index contributed by atoms with van der Waals surface area (Å²) in [5.41, 5.74) is 0.429. The maximum absolute atomic E-state index is 11.9. The number of carbonyl (C=O) groups is 2. The van der Waals surface area contributed by atoms with Gasteiger partial charge in [0.2, 0.25) is 0 Å². The Hall–Kier alpha value is -1.78. The fourth-order valence-corrected chi connectivity index (χ4v) is 1.34. The molecule has 1 rings (SSSR count). The summed E-state index contributed by atoms with van der Waals surface area (Å²) in [6.07, 6.45) is 2.04.